The van der Waals surface area contributed by atoms with E-state index in [0.717, 1.165) is 23.4 Å². The van der Waals surface area contributed by atoms with E-state index in [-0.39, 0.29) is 17.3 Å². The molecule has 1 aliphatic rings. The number of hydrogen-bond donors (Lipinski definition) is 1. The first-order chi connectivity index (χ1) is 15.9. The van der Waals surface area contributed by atoms with Crippen molar-refractivity contribution in [3.8, 4) is 23.0 Å². The van der Waals surface area contributed by atoms with Crippen molar-refractivity contribution < 1.29 is 9.21 Å². The normalized spacial score (nSPS) is 13.5. The Kier molecular flexibility index (Phi) is 7.07. The van der Waals surface area contributed by atoms with Crippen molar-refractivity contribution in [2.45, 2.75) is 6.42 Å². The molecule has 1 fully saturated rings. The molecule has 0 bridgehead atoms. The first-order valence-electron chi connectivity index (χ1n) is 10.8. The molecule has 4 rings (SSSR count). The maximum atomic E-state index is 13.0. The van der Waals surface area contributed by atoms with Crippen LogP contribution in [0, 0.1) is 17.8 Å². The second kappa shape index (κ2) is 10.2. The van der Waals surface area contributed by atoms with Crippen molar-refractivity contribution in [2.75, 3.05) is 44.7 Å². The molecular formula is C26H27N3O3S. The fourth-order valence-corrected chi connectivity index (χ4v) is 4.05. The van der Waals surface area contributed by atoms with E-state index in [1.165, 1.54) is 18.2 Å². The lowest BCUT2D eigenvalue weighted by molar-refractivity contribution is -0.136. The Labute approximate surface area is 198 Å². The van der Waals surface area contributed by atoms with Gasteiger partial charge in [-0.3, -0.25) is 9.59 Å². The Bertz CT molecular complexity index is 1270. The molecule has 0 radical (unpaired) electrons. The highest BCUT2D eigenvalue weighted by atomic mass is 32.2. The van der Waals surface area contributed by atoms with Gasteiger partial charge in [-0.1, -0.05) is 35.9 Å². The number of carbonyl (C=O) groups excluding carboxylic acids is 1. The molecule has 0 saturated carbocycles. The summed E-state index contributed by atoms with van der Waals surface area (Å²) in [7, 11) is 3.93. The molecule has 0 aliphatic carbocycles. The summed E-state index contributed by atoms with van der Waals surface area (Å²) in [4.78, 5) is 29.0. The number of hydrogen-bond acceptors (Lipinski definition) is 6. The zero-order valence-corrected chi connectivity index (χ0v) is 19.9. The highest BCUT2D eigenvalue weighted by Gasteiger charge is 2.28. The van der Waals surface area contributed by atoms with Crippen molar-refractivity contribution in [3.63, 3.8) is 0 Å². The third kappa shape index (κ3) is 5.41. The Morgan fingerprint density at radius 2 is 1.97 bits per heavy atom. The fraction of sp³-hybridized carbons (Fsp3) is 0.308. The molecular weight excluding hydrogens is 434 g/mol. The minimum atomic E-state index is -0.0628. The summed E-state index contributed by atoms with van der Waals surface area (Å²) in [5, 5.41) is 0.533. The first kappa shape index (κ1) is 23.0. The molecule has 7 heteroatoms. The molecule has 1 aromatic heterocycles. The molecule has 1 amide bonds. The lowest BCUT2D eigenvalue weighted by Gasteiger charge is -2.36. The third-order valence-electron chi connectivity index (χ3n) is 5.62. The Balaban J connectivity index is 1.44. The molecule has 1 N–H and O–H groups in total. The van der Waals surface area contributed by atoms with Crippen LogP contribution in [0.2, 0.25) is 0 Å². The van der Waals surface area contributed by atoms with Crippen molar-refractivity contribution in [3.05, 3.63) is 64.5 Å². The molecule has 2 heterocycles. The van der Waals surface area contributed by atoms with Gasteiger partial charge in [-0.25, -0.2) is 0 Å². The van der Waals surface area contributed by atoms with Gasteiger partial charge in [0.25, 0.3) is 0 Å². The van der Waals surface area contributed by atoms with Crippen LogP contribution in [0.25, 0.3) is 22.1 Å². The molecule has 170 valence electrons. The molecule has 0 unspecified atom stereocenters. The average molecular weight is 462 g/mol. The lowest BCUT2D eigenvalue weighted by atomic mass is 9.99. The smallest absolute Gasteiger partial charge is 0.223 e. The van der Waals surface area contributed by atoms with Crippen LogP contribution >= 0.6 is 11.9 Å². The van der Waals surface area contributed by atoms with Crippen molar-refractivity contribution >= 4 is 34.5 Å². The number of anilines is 1. The molecule has 33 heavy (non-hydrogen) atoms. The minimum Gasteiger partial charge on any atom is -0.463 e. The van der Waals surface area contributed by atoms with Gasteiger partial charge in [0.2, 0.25) is 5.91 Å². The van der Waals surface area contributed by atoms with Crippen LogP contribution in [0.15, 0.2) is 57.9 Å². The van der Waals surface area contributed by atoms with Gasteiger partial charge < -0.3 is 18.9 Å². The third-order valence-corrected chi connectivity index (χ3v) is 6.06. The monoisotopic (exact) mass is 461 g/mol. The SMILES string of the molecule is CSNc1ccc(-c2coc3cc(C#CC4CN(C(=O)CCN(C)C)C4)ccc3c2=O)cc1. The Morgan fingerprint density at radius 1 is 1.21 bits per heavy atom. The summed E-state index contributed by atoms with van der Waals surface area (Å²) < 4.78 is 8.96. The van der Waals surface area contributed by atoms with E-state index in [9.17, 15) is 9.59 Å². The van der Waals surface area contributed by atoms with Crippen LogP contribution in [-0.4, -0.2) is 55.7 Å². The lowest BCUT2D eigenvalue weighted by Crippen LogP contribution is -2.49. The standard InChI is InChI=1S/C26H27N3O3S/c1-28(2)13-12-25(30)29-15-19(16-29)5-4-18-6-11-22-24(14-18)32-17-23(26(22)31)20-7-9-21(10-8-20)27-33-3/h6-11,14,17,19,27H,12-13,15-16H2,1-3H3. The van der Waals surface area contributed by atoms with Gasteiger partial charge in [0.05, 0.1) is 16.9 Å². The molecule has 1 saturated heterocycles. The van der Waals surface area contributed by atoms with E-state index in [4.69, 9.17) is 4.42 Å². The zero-order chi connectivity index (χ0) is 23.4. The summed E-state index contributed by atoms with van der Waals surface area (Å²) in [5.74, 6) is 6.76. The molecule has 0 spiro atoms. The van der Waals surface area contributed by atoms with Crippen LogP contribution in [0.3, 0.4) is 0 Å². The summed E-state index contributed by atoms with van der Waals surface area (Å²) in [5.41, 5.74) is 3.58. The molecule has 6 nitrogen and oxygen atoms in total. The van der Waals surface area contributed by atoms with E-state index >= 15 is 0 Å². The van der Waals surface area contributed by atoms with E-state index in [0.29, 0.717) is 36.0 Å². The van der Waals surface area contributed by atoms with Gasteiger partial charge in [0.1, 0.15) is 11.8 Å². The van der Waals surface area contributed by atoms with Crippen molar-refractivity contribution in [2.24, 2.45) is 5.92 Å². The Morgan fingerprint density at radius 3 is 2.67 bits per heavy atom. The van der Waals surface area contributed by atoms with Crippen LogP contribution in [-0.2, 0) is 4.79 Å². The predicted molar refractivity (Wildman–Crippen MR) is 135 cm³/mol. The van der Waals surface area contributed by atoms with Crippen molar-refractivity contribution in [1.82, 2.24) is 9.80 Å². The van der Waals surface area contributed by atoms with Gasteiger partial charge in [0.15, 0.2) is 5.43 Å². The number of amides is 1. The first-order valence-corrected chi connectivity index (χ1v) is 12.1. The van der Waals surface area contributed by atoms with Gasteiger partial charge in [0, 0.05) is 43.6 Å². The highest BCUT2D eigenvalue weighted by molar-refractivity contribution is 7.99. The van der Waals surface area contributed by atoms with Crippen LogP contribution in [0.4, 0.5) is 5.69 Å². The number of nitrogens with zero attached hydrogens (tertiary/aromatic N) is 2. The molecule has 0 atom stereocenters. The average Bonchev–Trinajstić information content (AvgIpc) is 2.78. The van der Waals surface area contributed by atoms with Crippen molar-refractivity contribution in [1.29, 1.82) is 0 Å². The number of likely N-dealkylation sites (tertiary alicyclic amines) is 1. The molecule has 3 aromatic rings. The summed E-state index contributed by atoms with van der Waals surface area (Å²) >= 11 is 1.52. The van der Waals surface area contributed by atoms with Crippen LogP contribution in [0.5, 0.6) is 0 Å². The number of nitrogens with one attached hydrogen (secondary N) is 1. The van der Waals surface area contributed by atoms with Crippen LogP contribution < -0.4 is 10.2 Å². The summed E-state index contributed by atoms with van der Waals surface area (Å²) in [6, 6.07) is 13.1. The van der Waals surface area contributed by atoms with Gasteiger partial charge >= 0.3 is 0 Å². The van der Waals surface area contributed by atoms with Crippen LogP contribution in [0.1, 0.15) is 12.0 Å². The van der Waals surface area contributed by atoms with Gasteiger partial charge in [-0.15, -0.1) is 0 Å². The summed E-state index contributed by atoms with van der Waals surface area (Å²) in [6.07, 6.45) is 4.01. The van der Waals surface area contributed by atoms with E-state index in [1.807, 2.05) is 60.5 Å². The second-order valence-electron chi connectivity index (χ2n) is 8.39. The highest BCUT2D eigenvalue weighted by Crippen LogP contribution is 2.23. The van der Waals surface area contributed by atoms with Gasteiger partial charge in [-0.05, 0) is 50.0 Å². The van der Waals surface area contributed by atoms with E-state index < -0.39 is 0 Å². The fourth-order valence-electron chi connectivity index (χ4n) is 3.68. The predicted octanol–water partition coefficient (Wildman–Crippen LogP) is 3.91. The minimum absolute atomic E-state index is 0.0628. The number of benzene rings is 2. The number of fused-ring (bicyclic) bond motifs is 1. The molecule has 1 aliphatic heterocycles. The molecule has 2 aromatic carbocycles. The topological polar surface area (TPSA) is 65.8 Å². The largest absolute Gasteiger partial charge is 0.463 e. The van der Waals surface area contributed by atoms with E-state index in [1.54, 1.807) is 12.1 Å². The Hall–Kier alpha value is -3.21. The van der Waals surface area contributed by atoms with Gasteiger partial charge in [-0.2, -0.15) is 0 Å². The number of carbonyl (C=O) groups is 1. The maximum absolute atomic E-state index is 13.0. The zero-order valence-electron chi connectivity index (χ0n) is 19.1. The summed E-state index contributed by atoms with van der Waals surface area (Å²) in [6.45, 7) is 2.11. The maximum Gasteiger partial charge on any atom is 0.223 e. The number of rotatable bonds is 6. The second-order valence-corrected chi connectivity index (χ2v) is 9.00. The quantitative estimate of drug-likeness (QED) is 0.444. The van der Waals surface area contributed by atoms with E-state index in [2.05, 4.69) is 16.6 Å².